The van der Waals surface area contributed by atoms with E-state index in [1.54, 1.807) is 11.3 Å². The summed E-state index contributed by atoms with van der Waals surface area (Å²) < 4.78 is 13.9. The van der Waals surface area contributed by atoms with Gasteiger partial charge in [0.05, 0.1) is 5.56 Å². The molecule has 106 valence electrons. The van der Waals surface area contributed by atoms with Crippen LogP contribution in [0.4, 0.5) is 10.2 Å². The van der Waals surface area contributed by atoms with E-state index >= 15 is 0 Å². The zero-order valence-corrected chi connectivity index (χ0v) is 11.7. The Bertz CT molecular complexity index is 588. The molecule has 2 aromatic rings. The van der Waals surface area contributed by atoms with E-state index in [0.29, 0.717) is 6.42 Å². The van der Waals surface area contributed by atoms with Gasteiger partial charge in [0, 0.05) is 12.2 Å². The highest BCUT2D eigenvalue weighted by atomic mass is 32.1. The lowest BCUT2D eigenvalue weighted by molar-refractivity contribution is 0.0936. The lowest BCUT2D eigenvalue weighted by Gasteiger charge is -2.14. The Balaban J connectivity index is 2.04. The van der Waals surface area contributed by atoms with E-state index < -0.39 is 11.7 Å². The van der Waals surface area contributed by atoms with Crippen LogP contribution in [0.3, 0.4) is 0 Å². The Morgan fingerprint density at radius 1 is 1.55 bits per heavy atom. The summed E-state index contributed by atoms with van der Waals surface area (Å²) in [4.78, 5) is 15.7. The van der Waals surface area contributed by atoms with Gasteiger partial charge in [-0.1, -0.05) is 0 Å². The number of hydrazine groups is 1. The average molecular weight is 294 g/mol. The molecular formula is C13H15FN4OS. The molecule has 2 rings (SSSR count). The highest BCUT2D eigenvalue weighted by molar-refractivity contribution is 7.07. The van der Waals surface area contributed by atoms with Crippen LogP contribution in [0.1, 0.15) is 22.8 Å². The third-order valence-electron chi connectivity index (χ3n) is 2.77. The van der Waals surface area contributed by atoms with E-state index in [4.69, 9.17) is 5.84 Å². The highest BCUT2D eigenvalue weighted by Crippen LogP contribution is 2.14. The van der Waals surface area contributed by atoms with Crippen LogP contribution in [0, 0.1) is 5.82 Å². The monoisotopic (exact) mass is 294 g/mol. The van der Waals surface area contributed by atoms with Gasteiger partial charge in [-0.2, -0.15) is 11.3 Å². The van der Waals surface area contributed by atoms with Crippen molar-refractivity contribution in [1.29, 1.82) is 0 Å². The van der Waals surface area contributed by atoms with Crippen molar-refractivity contribution in [3.63, 3.8) is 0 Å². The number of anilines is 1. The highest BCUT2D eigenvalue weighted by Gasteiger charge is 2.17. The third-order valence-corrected chi connectivity index (χ3v) is 3.50. The first kappa shape index (κ1) is 14.4. The van der Waals surface area contributed by atoms with Crippen LogP contribution < -0.4 is 16.6 Å². The average Bonchev–Trinajstić information content (AvgIpc) is 2.91. The predicted molar refractivity (Wildman–Crippen MR) is 77.0 cm³/mol. The summed E-state index contributed by atoms with van der Waals surface area (Å²) in [6.45, 7) is 1.87. The number of hydrogen-bond acceptors (Lipinski definition) is 5. The molecule has 0 radical (unpaired) electrons. The summed E-state index contributed by atoms with van der Waals surface area (Å²) in [5, 5.41) is 6.75. The molecule has 2 heterocycles. The minimum Gasteiger partial charge on any atom is -0.349 e. The van der Waals surface area contributed by atoms with Crippen LogP contribution in [0.15, 0.2) is 29.1 Å². The molecule has 0 spiro atoms. The smallest absolute Gasteiger partial charge is 0.254 e. The number of thiophene rings is 1. The van der Waals surface area contributed by atoms with E-state index in [2.05, 4.69) is 15.7 Å². The maximum Gasteiger partial charge on any atom is 0.254 e. The van der Waals surface area contributed by atoms with Crippen molar-refractivity contribution < 1.29 is 9.18 Å². The summed E-state index contributed by atoms with van der Waals surface area (Å²) in [6.07, 6.45) is 2.03. The second kappa shape index (κ2) is 6.44. The Labute approximate surface area is 120 Å². The molecule has 0 aromatic carbocycles. The van der Waals surface area contributed by atoms with E-state index in [-0.39, 0.29) is 17.4 Å². The Kier molecular flexibility index (Phi) is 4.65. The molecule has 0 saturated carbocycles. The summed E-state index contributed by atoms with van der Waals surface area (Å²) in [7, 11) is 0. The molecule has 1 unspecified atom stereocenters. The van der Waals surface area contributed by atoms with Gasteiger partial charge in [0.25, 0.3) is 5.91 Å². The van der Waals surface area contributed by atoms with Gasteiger partial charge in [-0.25, -0.2) is 15.2 Å². The fraction of sp³-hybridized carbons (Fsp3) is 0.231. The molecule has 0 aliphatic carbocycles. The Hall–Kier alpha value is -1.99. The number of carbonyl (C=O) groups excluding carboxylic acids is 1. The normalized spacial score (nSPS) is 11.9. The zero-order chi connectivity index (χ0) is 14.5. The Morgan fingerprint density at radius 3 is 3.00 bits per heavy atom. The van der Waals surface area contributed by atoms with Crippen molar-refractivity contribution in [3.8, 4) is 0 Å². The van der Waals surface area contributed by atoms with Crippen molar-refractivity contribution in [2.45, 2.75) is 19.4 Å². The van der Waals surface area contributed by atoms with Crippen molar-refractivity contribution in [1.82, 2.24) is 10.3 Å². The fourth-order valence-electron chi connectivity index (χ4n) is 1.83. The van der Waals surface area contributed by atoms with Crippen LogP contribution in [-0.2, 0) is 6.42 Å². The first-order valence-corrected chi connectivity index (χ1v) is 6.99. The van der Waals surface area contributed by atoms with Crippen molar-refractivity contribution in [3.05, 3.63) is 46.0 Å². The number of nitrogen functional groups attached to an aromatic ring is 1. The molecule has 7 heteroatoms. The first-order valence-electron chi connectivity index (χ1n) is 6.05. The van der Waals surface area contributed by atoms with Crippen molar-refractivity contribution >= 4 is 23.1 Å². The van der Waals surface area contributed by atoms with Crippen LogP contribution in [0.2, 0.25) is 0 Å². The van der Waals surface area contributed by atoms with E-state index in [1.165, 1.54) is 12.3 Å². The number of nitrogens with two attached hydrogens (primary N) is 1. The van der Waals surface area contributed by atoms with Gasteiger partial charge in [0.1, 0.15) is 0 Å². The van der Waals surface area contributed by atoms with Crippen molar-refractivity contribution in [2.24, 2.45) is 5.84 Å². The van der Waals surface area contributed by atoms with Crippen LogP contribution >= 0.6 is 11.3 Å². The molecule has 0 fully saturated rings. The number of halogens is 1. The maximum atomic E-state index is 13.9. The third kappa shape index (κ3) is 3.31. The molecule has 0 aliphatic heterocycles. The zero-order valence-electron chi connectivity index (χ0n) is 10.9. The maximum absolute atomic E-state index is 13.9. The summed E-state index contributed by atoms with van der Waals surface area (Å²) in [5.41, 5.74) is 3.18. The quantitative estimate of drug-likeness (QED) is 0.581. The first-order chi connectivity index (χ1) is 9.61. The SMILES string of the molecule is CC(Cc1ccsc1)NC(=O)c1ccnc(NN)c1F. The van der Waals surface area contributed by atoms with Gasteiger partial charge in [-0.05, 0) is 41.8 Å². The van der Waals surface area contributed by atoms with Gasteiger partial charge in [-0.15, -0.1) is 0 Å². The van der Waals surface area contributed by atoms with E-state index in [9.17, 15) is 9.18 Å². The Morgan fingerprint density at radius 2 is 2.35 bits per heavy atom. The molecule has 1 amide bonds. The lowest BCUT2D eigenvalue weighted by Crippen LogP contribution is -2.34. The molecule has 0 bridgehead atoms. The lowest BCUT2D eigenvalue weighted by atomic mass is 10.1. The number of rotatable bonds is 5. The van der Waals surface area contributed by atoms with Gasteiger partial charge >= 0.3 is 0 Å². The number of amides is 1. The second-order valence-corrected chi connectivity index (χ2v) is 5.16. The minimum atomic E-state index is -0.754. The predicted octanol–water partition coefficient (Wildman–Crippen LogP) is 1.93. The number of nitrogens with one attached hydrogen (secondary N) is 2. The molecule has 2 aromatic heterocycles. The van der Waals surface area contributed by atoms with Crippen LogP contribution in [0.25, 0.3) is 0 Å². The van der Waals surface area contributed by atoms with E-state index in [1.807, 2.05) is 23.8 Å². The number of carbonyl (C=O) groups is 1. The molecule has 5 nitrogen and oxygen atoms in total. The van der Waals surface area contributed by atoms with Gasteiger partial charge in [0.2, 0.25) is 0 Å². The largest absolute Gasteiger partial charge is 0.349 e. The summed E-state index contributed by atoms with van der Waals surface area (Å²) in [6, 6.07) is 3.22. The van der Waals surface area contributed by atoms with Gasteiger partial charge < -0.3 is 10.7 Å². The number of aromatic nitrogens is 1. The number of pyridine rings is 1. The molecule has 0 aliphatic rings. The molecule has 20 heavy (non-hydrogen) atoms. The molecule has 0 saturated heterocycles. The second-order valence-electron chi connectivity index (χ2n) is 4.38. The number of nitrogens with zero attached hydrogens (tertiary/aromatic N) is 1. The van der Waals surface area contributed by atoms with Gasteiger partial charge in [-0.3, -0.25) is 4.79 Å². The molecular weight excluding hydrogens is 279 g/mol. The summed E-state index contributed by atoms with van der Waals surface area (Å²) in [5.74, 6) is 3.74. The van der Waals surface area contributed by atoms with Crippen molar-refractivity contribution in [2.75, 3.05) is 5.43 Å². The molecule has 4 N–H and O–H groups in total. The minimum absolute atomic E-state index is 0.0786. The van der Waals surface area contributed by atoms with Gasteiger partial charge in [0.15, 0.2) is 11.6 Å². The molecule has 1 atom stereocenters. The fourth-order valence-corrected chi connectivity index (χ4v) is 2.52. The topological polar surface area (TPSA) is 80.0 Å². The van der Waals surface area contributed by atoms with Crippen LogP contribution in [-0.4, -0.2) is 16.9 Å². The standard InChI is InChI=1S/C13H15FN4OS/c1-8(6-9-3-5-20-7-9)17-13(19)10-2-4-16-12(18-15)11(10)14/h2-5,7-8H,6,15H2,1H3,(H,16,18)(H,17,19). The number of hydrogen-bond donors (Lipinski definition) is 3. The van der Waals surface area contributed by atoms with E-state index in [0.717, 1.165) is 5.56 Å². The van der Waals surface area contributed by atoms with Crippen LogP contribution in [0.5, 0.6) is 0 Å². The summed E-state index contributed by atoms with van der Waals surface area (Å²) >= 11 is 1.60.